The summed E-state index contributed by atoms with van der Waals surface area (Å²) in [6.07, 6.45) is 0.386. The van der Waals surface area contributed by atoms with Crippen LogP contribution < -0.4 is 5.32 Å². The molecule has 1 amide bonds. The first kappa shape index (κ1) is 24.4. The Bertz CT molecular complexity index is 453. The number of ether oxygens (including phenoxy) is 2. The van der Waals surface area contributed by atoms with E-state index in [1.807, 2.05) is 20.8 Å². The fourth-order valence-corrected chi connectivity index (χ4v) is 1.66. The summed E-state index contributed by atoms with van der Waals surface area (Å²) in [7, 11) is 0. The van der Waals surface area contributed by atoms with E-state index >= 15 is 0 Å². The van der Waals surface area contributed by atoms with Gasteiger partial charge in [0.2, 0.25) is 5.91 Å². The molecule has 7 heteroatoms. The summed E-state index contributed by atoms with van der Waals surface area (Å²) in [6, 6.07) is 0. The van der Waals surface area contributed by atoms with Crippen LogP contribution >= 0.6 is 0 Å². The van der Waals surface area contributed by atoms with E-state index in [1.165, 1.54) is 0 Å². The molecule has 0 rings (SSSR count). The highest BCUT2D eigenvalue weighted by Gasteiger charge is 2.22. The molecule has 0 unspecified atom stereocenters. The molecule has 0 spiro atoms. The van der Waals surface area contributed by atoms with E-state index in [2.05, 4.69) is 5.32 Å². The minimum Gasteiger partial charge on any atom is -0.371 e. The highest BCUT2D eigenvalue weighted by atomic mass is 16.5. The Morgan fingerprint density at radius 3 is 1.73 bits per heavy atom. The molecule has 0 aromatic rings. The molecule has 0 atom stereocenters. The van der Waals surface area contributed by atoms with Gasteiger partial charge in [-0.15, -0.1) is 0 Å². The van der Waals surface area contributed by atoms with Crippen molar-refractivity contribution in [2.75, 3.05) is 33.0 Å². The molecular weight excluding hydrogens is 338 g/mol. The summed E-state index contributed by atoms with van der Waals surface area (Å²) in [6.45, 7) is 10.9. The lowest BCUT2D eigenvalue weighted by Crippen LogP contribution is -2.37. The SMILES string of the molecule is CC(C)(C)C(=O)CCC(=O)COCCOCC(=O)NCC(=O)C(C)(C)C. The van der Waals surface area contributed by atoms with Crippen LogP contribution in [-0.4, -0.2) is 56.2 Å². The van der Waals surface area contributed by atoms with Gasteiger partial charge in [0.1, 0.15) is 19.0 Å². The zero-order valence-corrected chi connectivity index (χ0v) is 16.9. The molecule has 0 aromatic heterocycles. The van der Waals surface area contributed by atoms with E-state index in [1.54, 1.807) is 20.8 Å². The van der Waals surface area contributed by atoms with Crippen LogP contribution in [0.5, 0.6) is 0 Å². The lowest BCUT2D eigenvalue weighted by Gasteiger charge is -2.16. The molecule has 0 bridgehead atoms. The Hall–Kier alpha value is -1.60. The molecule has 0 saturated carbocycles. The number of nitrogens with one attached hydrogen (secondary N) is 1. The molecular formula is C19H33NO6. The van der Waals surface area contributed by atoms with Crippen molar-refractivity contribution in [3.8, 4) is 0 Å². The van der Waals surface area contributed by atoms with Gasteiger partial charge in [0.05, 0.1) is 19.8 Å². The number of ketones is 3. The summed E-state index contributed by atoms with van der Waals surface area (Å²) in [5, 5.41) is 2.50. The van der Waals surface area contributed by atoms with Crippen LogP contribution in [0.15, 0.2) is 0 Å². The third-order valence-corrected chi connectivity index (χ3v) is 3.62. The first-order valence-electron chi connectivity index (χ1n) is 8.84. The largest absolute Gasteiger partial charge is 0.371 e. The number of amides is 1. The quantitative estimate of drug-likeness (QED) is 0.525. The lowest BCUT2D eigenvalue weighted by molar-refractivity contribution is -0.132. The van der Waals surface area contributed by atoms with E-state index < -0.39 is 10.8 Å². The molecule has 0 heterocycles. The third kappa shape index (κ3) is 11.9. The summed E-state index contributed by atoms with van der Waals surface area (Å²) >= 11 is 0. The van der Waals surface area contributed by atoms with Crippen LogP contribution in [-0.2, 0) is 28.7 Å². The van der Waals surface area contributed by atoms with Gasteiger partial charge < -0.3 is 14.8 Å². The fraction of sp³-hybridized carbons (Fsp3) is 0.789. The van der Waals surface area contributed by atoms with Crippen molar-refractivity contribution in [3.63, 3.8) is 0 Å². The van der Waals surface area contributed by atoms with E-state index in [0.717, 1.165) is 0 Å². The van der Waals surface area contributed by atoms with Gasteiger partial charge in [0, 0.05) is 23.7 Å². The van der Waals surface area contributed by atoms with Gasteiger partial charge in [-0.05, 0) is 0 Å². The number of rotatable bonds is 12. The van der Waals surface area contributed by atoms with Gasteiger partial charge in [-0.25, -0.2) is 0 Å². The first-order chi connectivity index (χ1) is 11.8. The number of hydrogen-bond acceptors (Lipinski definition) is 6. The van der Waals surface area contributed by atoms with Gasteiger partial charge in [0.25, 0.3) is 0 Å². The number of Topliss-reactive ketones (excluding diaryl/α,β-unsaturated/α-hetero) is 3. The van der Waals surface area contributed by atoms with Crippen LogP contribution in [0, 0.1) is 10.8 Å². The predicted octanol–water partition coefficient (Wildman–Crippen LogP) is 1.72. The predicted molar refractivity (Wildman–Crippen MR) is 97.8 cm³/mol. The zero-order valence-electron chi connectivity index (χ0n) is 16.9. The van der Waals surface area contributed by atoms with Crippen molar-refractivity contribution in [2.45, 2.75) is 54.4 Å². The number of hydrogen-bond donors (Lipinski definition) is 1. The van der Waals surface area contributed by atoms with Gasteiger partial charge in [-0.1, -0.05) is 41.5 Å². The number of carbonyl (C=O) groups is 4. The second kappa shape index (κ2) is 11.2. The van der Waals surface area contributed by atoms with Crippen LogP contribution in [0.25, 0.3) is 0 Å². The van der Waals surface area contributed by atoms with Crippen LogP contribution in [0.3, 0.4) is 0 Å². The van der Waals surface area contributed by atoms with Gasteiger partial charge in [-0.3, -0.25) is 19.2 Å². The zero-order chi connectivity index (χ0) is 20.4. The molecule has 26 heavy (non-hydrogen) atoms. The Balaban J connectivity index is 3.69. The third-order valence-electron chi connectivity index (χ3n) is 3.62. The highest BCUT2D eigenvalue weighted by Crippen LogP contribution is 2.17. The smallest absolute Gasteiger partial charge is 0.246 e. The maximum Gasteiger partial charge on any atom is 0.246 e. The van der Waals surface area contributed by atoms with Crippen LogP contribution in [0.1, 0.15) is 54.4 Å². The second-order valence-electron chi connectivity index (χ2n) is 8.27. The van der Waals surface area contributed by atoms with Gasteiger partial charge >= 0.3 is 0 Å². The molecule has 0 aliphatic carbocycles. The van der Waals surface area contributed by atoms with E-state index in [0.29, 0.717) is 0 Å². The summed E-state index contributed by atoms with van der Waals surface area (Å²) in [5.41, 5.74) is -0.931. The molecule has 0 radical (unpaired) electrons. The minimum absolute atomic E-state index is 0.0238. The summed E-state index contributed by atoms with van der Waals surface area (Å²) in [4.78, 5) is 46.6. The lowest BCUT2D eigenvalue weighted by atomic mass is 9.88. The van der Waals surface area contributed by atoms with Crippen molar-refractivity contribution in [1.29, 1.82) is 0 Å². The highest BCUT2D eigenvalue weighted by molar-refractivity contribution is 5.90. The summed E-state index contributed by atoms with van der Waals surface area (Å²) < 4.78 is 10.3. The molecule has 0 saturated heterocycles. The maximum atomic E-state index is 11.7. The van der Waals surface area contributed by atoms with Crippen LogP contribution in [0.4, 0.5) is 0 Å². The molecule has 7 nitrogen and oxygen atoms in total. The molecule has 0 aliphatic heterocycles. The average molecular weight is 371 g/mol. The number of carbonyl (C=O) groups excluding carboxylic acids is 4. The van der Waals surface area contributed by atoms with Crippen LogP contribution in [0.2, 0.25) is 0 Å². The van der Waals surface area contributed by atoms with E-state index in [4.69, 9.17) is 9.47 Å². The molecule has 150 valence electrons. The normalized spacial score (nSPS) is 11.9. The van der Waals surface area contributed by atoms with Crippen molar-refractivity contribution in [2.24, 2.45) is 10.8 Å². The Morgan fingerprint density at radius 1 is 0.731 bits per heavy atom. The topological polar surface area (TPSA) is 98.8 Å². The van der Waals surface area contributed by atoms with E-state index in [9.17, 15) is 19.2 Å². The average Bonchev–Trinajstić information content (AvgIpc) is 2.51. The Kier molecular flexibility index (Phi) is 10.5. The fourth-order valence-electron chi connectivity index (χ4n) is 1.66. The van der Waals surface area contributed by atoms with Gasteiger partial charge in [0.15, 0.2) is 11.6 Å². The Labute approximate surface area is 156 Å². The molecule has 0 aromatic carbocycles. The first-order valence-corrected chi connectivity index (χ1v) is 8.84. The van der Waals surface area contributed by atoms with Crippen molar-refractivity contribution in [3.05, 3.63) is 0 Å². The Morgan fingerprint density at radius 2 is 1.23 bits per heavy atom. The van der Waals surface area contributed by atoms with Crippen molar-refractivity contribution >= 4 is 23.3 Å². The summed E-state index contributed by atoms with van der Waals surface area (Å²) in [5.74, 6) is -0.525. The monoisotopic (exact) mass is 371 g/mol. The van der Waals surface area contributed by atoms with Crippen molar-refractivity contribution < 1.29 is 28.7 Å². The molecule has 0 aliphatic rings. The molecule has 0 fully saturated rings. The second-order valence-corrected chi connectivity index (χ2v) is 8.27. The standard InChI is InChI=1S/C19H33NO6/c1-18(2,3)15(22)8-7-14(21)12-25-9-10-26-13-17(24)20-11-16(23)19(4,5)6/h7-13H2,1-6H3,(H,20,24). The minimum atomic E-state index is -0.494. The van der Waals surface area contributed by atoms with Crippen molar-refractivity contribution in [1.82, 2.24) is 5.32 Å². The van der Waals surface area contributed by atoms with E-state index in [-0.39, 0.29) is 69.1 Å². The molecule has 1 N–H and O–H groups in total. The maximum absolute atomic E-state index is 11.7. The van der Waals surface area contributed by atoms with Gasteiger partial charge in [-0.2, -0.15) is 0 Å².